The smallest absolute Gasteiger partial charge is 0.295 e. The van der Waals surface area contributed by atoms with Gasteiger partial charge in [0.05, 0.1) is 32.4 Å². The van der Waals surface area contributed by atoms with E-state index in [0.29, 0.717) is 35.0 Å². The van der Waals surface area contributed by atoms with E-state index in [1.807, 2.05) is 30.3 Å². The standard InChI is InChI=1S/C29H30N2O6/c1-4-5-15-37-22-11-8-20(9-12-22)26-25(27(32)21-10-13-23(35-2)24(16-21)36-3)28(33)29(34)31(26)18-19-7-6-14-30-17-19/h6-14,16-17,26,32H,4-5,15,18H2,1-3H3/t26-/m1/s1. The zero-order valence-electron chi connectivity index (χ0n) is 21.1. The van der Waals surface area contributed by atoms with Crippen LogP contribution in [0.5, 0.6) is 17.2 Å². The molecular weight excluding hydrogens is 472 g/mol. The van der Waals surface area contributed by atoms with Gasteiger partial charge in [-0.05, 0) is 53.9 Å². The van der Waals surface area contributed by atoms with Crippen molar-refractivity contribution in [1.82, 2.24) is 9.88 Å². The molecule has 1 aliphatic heterocycles. The Labute approximate surface area is 216 Å². The summed E-state index contributed by atoms with van der Waals surface area (Å²) in [6.07, 6.45) is 5.26. The summed E-state index contributed by atoms with van der Waals surface area (Å²) in [4.78, 5) is 32.1. The van der Waals surface area contributed by atoms with E-state index in [2.05, 4.69) is 11.9 Å². The lowest BCUT2D eigenvalue weighted by Crippen LogP contribution is -2.29. The number of pyridine rings is 1. The number of hydrogen-bond acceptors (Lipinski definition) is 7. The second-order valence-corrected chi connectivity index (χ2v) is 8.63. The van der Waals surface area contributed by atoms with E-state index in [1.54, 1.807) is 36.7 Å². The van der Waals surface area contributed by atoms with Crippen molar-refractivity contribution in [2.75, 3.05) is 20.8 Å². The zero-order valence-corrected chi connectivity index (χ0v) is 21.1. The molecule has 3 aromatic rings. The molecule has 4 rings (SSSR count). The Morgan fingerprint density at radius 3 is 2.43 bits per heavy atom. The summed E-state index contributed by atoms with van der Waals surface area (Å²) in [5.74, 6) is -0.182. The molecule has 0 bridgehead atoms. The molecular formula is C29H30N2O6. The molecule has 1 aliphatic rings. The van der Waals surface area contributed by atoms with E-state index in [1.165, 1.54) is 19.1 Å². The Balaban J connectivity index is 1.79. The molecule has 1 N–H and O–H groups in total. The number of likely N-dealkylation sites (tertiary alicyclic amines) is 1. The number of unbranched alkanes of at least 4 members (excludes halogenated alkanes) is 1. The number of ketones is 1. The molecule has 0 spiro atoms. The molecule has 192 valence electrons. The van der Waals surface area contributed by atoms with Crippen molar-refractivity contribution in [1.29, 1.82) is 0 Å². The molecule has 2 aromatic carbocycles. The van der Waals surface area contributed by atoms with E-state index in [-0.39, 0.29) is 17.9 Å². The maximum atomic E-state index is 13.3. The van der Waals surface area contributed by atoms with E-state index < -0.39 is 17.7 Å². The summed E-state index contributed by atoms with van der Waals surface area (Å²) < 4.78 is 16.4. The SMILES string of the molecule is CCCCOc1ccc([C@@H]2C(=C(O)c3ccc(OC)c(OC)c3)C(=O)C(=O)N2Cc2cccnc2)cc1. The third-order valence-corrected chi connectivity index (χ3v) is 6.24. The first-order valence-electron chi connectivity index (χ1n) is 12.1. The van der Waals surface area contributed by atoms with E-state index in [4.69, 9.17) is 14.2 Å². The van der Waals surface area contributed by atoms with Crippen molar-refractivity contribution in [3.63, 3.8) is 0 Å². The van der Waals surface area contributed by atoms with Gasteiger partial charge in [0.1, 0.15) is 11.5 Å². The molecule has 0 aliphatic carbocycles. The number of hydrogen-bond donors (Lipinski definition) is 1. The molecule has 2 heterocycles. The number of carbonyl (C=O) groups excluding carboxylic acids is 2. The number of benzene rings is 2. The Kier molecular flexibility index (Phi) is 8.08. The van der Waals surface area contributed by atoms with Crippen molar-refractivity contribution in [3.05, 3.63) is 89.3 Å². The summed E-state index contributed by atoms with van der Waals surface area (Å²) >= 11 is 0. The fourth-order valence-electron chi connectivity index (χ4n) is 4.30. The van der Waals surface area contributed by atoms with Crippen LogP contribution < -0.4 is 14.2 Å². The van der Waals surface area contributed by atoms with Crippen LogP contribution in [0.1, 0.15) is 42.5 Å². The summed E-state index contributed by atoms with van der Waals surface area (Å²) in [6.45, 7) is 2.85. The number of rotatable bonds is 10. The molecule has 1 fully saturated rings. The van der Waals surface area contributed by atoms with Gasteiger partial charge in [0.25, 0.3) is 11.7 Å². The maximum absolute atomic E-state index is 13.3. The first-order chi connectivity index (χ1) is 18.0. The normalized spacial score (nSPS) is 16.6. The highest BCUT2D eigenvalue weighted by atomic mass is 16.5. The first-order valence-corrected chi connectivity index (χ1v) is 12.1. The topological polar surface area (TPSA) is 98.2 Å². The first kappa shape index (κ1) is 25.8. The number of aliphatic hydroxyl groups excluding tert-OH is 1. The molecule has 1 saturated heterocycles. The molecule has 0 unspecified atom stereocenters. The van der Waals surface area contributed by atoms with Crippen molar-refractivity contribution in [2.24, 2.45) is 0 Å². The average Bonchev–Trinajstić information content (AvgIpc) is 3.18. The number of Topliss-reactive ketones (excluding diaryl/α,β-unsaturated/α-hetero) is 1. The fourth-order valence-corrected chi connectivity index (χ4v) is 4.30. The number of aromatic nitrogens is 1. The highest BCUT2D eigenvalue weighted by Gasteiger charge is 2.46. The van der Waals surface area contributed by atoms with Gasteiger partial charge in [-0.25, -0.2) is 0 Å². The van der Waals surface area contributed by atoms with Gasteiger partial charge >= 0.3 is 0 Å². The van der Waals surface area contributed by atoms with E-state index in [9.17, 15) is 14.7 Å². The summed E-state index contributed by atoms with van der Waals surface area (Å²) in [7, 11) is 3.00. The van der Waals surface area contributed by atoms with E-state index >= 15 is 0 Å². The predicted octanol–water partition coefficient (Wildman–Crippen LogP) is 4.90. The van der Waals surface area contributed by atoms with Crippen LogP contribution in [-0.4, -0.2) is 47.5 Å². The largest absolute Gasteiger partial charge is 0.507 e. The second kappa shape index (κ2) is 11.6. The maximum Gasteiger partial charge on any atom is 0.295 e. The number of carbonyl (C=O) groups is 2. The number of amides is 1. The van der Waals surface area contributed by atoms with Crippen molar-refractivity contribution < 1.29 is 28.9 Å². The zero-order chi connectivity index (χ0) is 26.4. The third kappa shape index (κ3) is 5.43. The van der Waals surface area contributed by atoms with Gasteiger partial charge < -0.3 is 24.2 Å². The minimum Gasteiger partial charge on any atom is -0.507 e. The van der Waals surface area contributed by atoms with Crippen molar-refractivity contribution in [2.45, 2.75) is 32.4 Å². The van der Waals surface area contributed by atoms with Gasteiger partial charge in [-0.2, -0.15) is 0 Å². The molecule has 0 radical (unpaired) electrons. The highest BCUT2D eigenvalue weighted by Crippen LogP contribution is 2.41. The summed E-state index contributed by atoms with van der Waals surface area (Å²) in [5.41, 5.74) is 1.77. The molecule has 1 aromatic heterocycles. The fraction of sp³-hybridized carbons (Fsp3) is 0.276. The molecule has 8 heteroatoms. The number of methoxy groups -OCH3 is 2. The number of nitrogens with zero attached hydrogens (tertiary/aromatic N) is 2. The monoisotopic (exact) mass is 502 g/mol. The van der Waals surface area contributed by atoms with Crippen LogP contribution in [-0.2, 0) is 16.1 Å². The van der Waals surface area contributed by atoms with Gasteiger partial charge in [-0.15, -0.1) is 0 Å². The van der Waals surface area contributed by atoms with Gasteiger partial charge in [-0.1, -0.05) is 31.5 Å². The summed E-state index contributed by atoms with van der Waals surface area (Å²) in [5, 5.41) is 11.4. The van der Waals surface area contributed by atoms with Gasteiger partial charge in [-0.3, -0.25) is 14.6 Å². The number of ether oxygens (including phenoxy) is 3. The lowest BCUT2D eigenvalue weighted by atomic mass is 9.95. The highest BCUT2D eigenvalue weighted by molar-refractivity contribution is 6.46. The van der Waals surface area contributed by atoms with Crippen LogP contribution in [0, 0.1) is 0 Å². The number of aliphatic hydroxyl groups is 1. The van der Waals surface area contributed by atoms with Crippen LogP contribution in [0.25, 0.3) is 5.76 Å². The molecule has 8 nitrogen and oxygen atoms in total. The van der Waals surface area contributed by atoms with Crippen LogP contribution in [0.2, 0.25) is 0 Å². The minimum atomic E-state index is -0.807. The van der Waals surface area contributed by atoms with Gasteiger partial charge in [0.2, 0.25) is 0 Å². The molecule has 1 atom stereocenters. The Bertz CT molecular complexity index is 1290. The molecule has 0 saturated carbocycles. The van der Waals surface area contributed by atoms with E-state index in [0.717, 1.165) is 18.4 Å². The third-order valence-electron chi connectivity index (χ3n) is 6.24. The molecule has 1 amide bonds. The lowest BCUT2D eigenvalue weighted by molar-refractivity contribution is -0.140. The quantitative estimate of drug-likeness (QED) is 0.182. The van der Waals surface area contributed by atoms with Crippen molar-refractivity contribution in [3.8, 4) is 17.2 Å². The summed E-state index contributed by atoms with van der Waals surface area (Å²) in [6, 6.07) is 14.9. The van der Waals surface area contributed by atoms with Gasteiger partial charge in [0.15, 0.2) is 11.5 Å². The van der Waals surface area contributed by atoms with Crippen LogP contribution in [0.15, 0.2) is 72.6 Å². The Hall–Kier alpha value is -4.33. The van der Waals surface area contributed by atoms with Crippen LogP contribution >= 0.6 is 0 Å². The van der Waals surface area contributed by atoms with Crippen LogP contribution in [0.4, 0.5) is 0 Å². The van der Waals surface area contributed by atoms with Gasteiger partial charge in [0, 0.05) is 24.5 Å². The second-order valence-electron chi connectivity index (χ2n) is 8.63. The van der Waals surface area contributed by atoms with Crippen LogP contribution in [0.3, 0.4) is 0 Å². The Morgan fingerprint density at radius 2 is 1.78 bits per heavy atom. The predicted molar refractivity (Wildman–Crippen MR) is 138 cm³/mol. The average molecular weight is 503 g/mol. The lowest BCUT2D eigenvalue weighted by Gasteiger charge is -2.25. The van der Waals surface area contributed by atoms with Crippen molar-refractivity contribution >= 4 is 17.4 Å². The Morgan fingerprint density at radius 1 is 1.03 bits per heavy atom. The molecule has 37 heavy (non-hydrogen) atoms. The minimum absolute atomic E-state index is 0.000705.